The molecule has 188 valence electrons. The highest BCUT2D eigenvalue weighted by Crippen LogP contribution is 2.37. The van der Waals surface area contributed by atoms with Gasteiger partial charge in [0.25, 0.3) is 0 Å². The number of hydrogen-bond acceptors (Lipinski definition) is 1. The van der Waals surface area contributed by atoms with Gasteiger partial charge in [0.05, 0.1) is 16.6 Å². The molecule has 2 heterocycles. The molecule has 0 aliphatic carbocycles. The van der Waals surface area contributed by atoms with Crippen molar-refractivity contribution in [2.45, 2.75) is 0 Å². The van der Waals surface area contributed by atoms with Crippen LogP contribution in [0.3, 0.4) is 0 Å². The van der Waals surface area contributed by atoms with Crippen LogP contribution in [-0.2, 0) is 0 Å². The van der Waals surface area contributed by atoms with Crippen LogP contribution in [0.1, 0.15) is 15.9 Å². The SMILES string of the molecule is O=C(c1ccc(-n2ccc3c2ccc2c4ccccc4n(-c4ccccc4)c23)cc1)c1ccc2ccccc2c1. The summed E-state index contributed by atoms with van der Waals surface area (Å²) in [4.78, 5) is 13.3. The van der Waals surface area contributed by atoms with Crippen molar-refractivity contribution in [2.75, 3.05) is 0 Å². The van der Waals surface area contributed by atoms with Crippen molar-refractivity contribution in [1.29, 1.82) is 0 Å². The van der Waals surface area contributed by atoms with Gasteiger partial charge in [-0.15, -0.1) is 0 Å². The van der Waals surface area contributed by atoms with Crippen LogP contribution >= 0.6 is 0 Å². The molecule has 0 atom stereocenters. The number of nitrogens with zero attached hydrogens (tertiary/aromatic N) is 2. The van der Waals surface area contributed by atoms with Gasteiger partial charge >= 0.3 is 0 Å². The van der Waals surface area contributed by atoms with Crippen molar-refractivity contribution >= 4 is 49.3 Å². The number of carbonyl (C=O) groups excluding carboxylic acids is 1. The zero-order valence-electron chi connectivity index (χ0n) is 21.7. The van der Waals surface area contributed by atoms with Crippen molar-refractivity contribution in [3.05, 3.63) is 157 Å². The average Bonchev–Trinajstić information content (AvgIpc) is 3.60. The van der Waals surface area contributed by atoms with E-state index in [2.05, 4.69) is 94.2 Å². The van der Waals surface area contributed by atoms with E-state index in [1.54, 1.807) is 0 Å². The van der Waals surface area contributed by atoms with Gasteiger partial charge in [-0.3, -0.25) is 4.79 Å². The lowest BCUT2D eigenvalue weighted by atomic mass is 10.00. The Morgan fingerprint density at radius 3 is 2.05 bits per heavy atom. The van der Waals surface area contributed by atoms with E-state index in [0.29, 0.717) is 11.1 Å². The van der Waals surface area contributed by atoms with Gasteiger partial charge in [0, 0.05) is 44.9 Å². The molecule has 0 spiro atoms. The molecule has 0 radical (unpaired) electrons. The molecule has 40 heavy (non-hydrogen) atoms. The molecular formula is C37H24N2O. The molecule has 0 bridgehead atoms. The van der Waals surface area contributed by atoms with Crippen LogP contribution in [0.25, 0.3) is 54.9 Å². The number of benzene rings is 6. The number of fused-ring (bicyclic) bond motifs is 6. The van der Waals surface area contributed by atoms with E-state index in [0.717, 1.165) is 27.7 Å². The second-order valence-electron chi connectivity index (χ2n) is 10.2. The number of para-hydroxylation sites is 2. The fourth-order valence-corrected chi connectivity index (χ4v) is 6.02. The van der Waals surface area contributed by atoms with E-state index >= 15 is 0 Å². The molecule has 0 saturated carbocycles. The first-order chi connectivity index (χ1) is 19.8. The van der Waals surface area contributed by atoms with Crippen LogP contribution < -0.4 is 0 Å². The second-order valence-corrected chi connectivity index (χ2v) is 10.2. The van der Waals surface area contributed by atoms with Crippen LogP contribution in [0.15, 0.2) is 146 Å². The van der Waals surface area contributed by atoms with Gasteiger partial charge in [-0.25, -0.2) is 0 Å². The maximum absolute atomic E-state index is 13.3. The highest BCUT2D eigenvalue weighted by atomic mass is 16.1. The monoisotopic (exact) mass is 512 g/mol. The third-order valence-electron chi connectivity index (χ3n) is 7.94. The minimum Gasteiger partial charge on any atom is -0.316 e. The van der Waals surface area contributed by atoms with Crippen LogP contribution in [0, 0.1) is 0 Å². The Kier molecular flexibility index (Phi) is 4.98. The summed E-state index contributed by atoms with van der Waals surface area (Å²) in [6, 6.07) is 47.7. The number of aromatic nitrogens is 2. The maximum Gasteiger partial charge on any atom is 0.193 e. The van der Waals surface area contributed by atoms with Gasteiger partial charge in [-0.1, -0.05) is 78.9 Å². The standard InChI is InChI=1S/C37H24N2O/c40-37(28-15-14-25-8-4-5-9-27(25)24-28)26-16-18-29(19-17-26)38-23-22-33-34(38)21-20-32-31-12-6-7-13-35(31)39(36(32)33)30-10-2-1-3-11-30/h1-24H. The molecule has 3 nitrogen and oxygen atoms in total. The predicted octanol–water partition coefficient (Wildman–Crippen LogP) is 9.11. The third-order valence-corrected chi connectivity index (χ3v) is 7.94. The van der Waals surface area contributed by atoms with Gasteiger partial charge in [-0.05, 0) is 71.4 Å². The number of hydrogen-bond donors (Lipinski definition) is 0. The van der Waals surface area contributed by atoms with Crippen LogP contribution in [0.4, 0.5) is 0 Å². The molecule has 6 aromatic carbocycles. The van der Waals surface area contributed by atoms with E-state index < -0.39 is 0 Å². The average molecular weight is 513 g/mol. The molecule has 0 saturated heterocycles. The minimum absolute atomic E-state index is 0.0313. The summed E-state index contributed by atoms with van der Waals surface area (Å²) < 4.78 is 4.56. The molecular weight excluding hydrogens is 488 g/mol. The summed E-state index contributed by atoms with van der Waals surface area (Å²) in [5.41, 5.74) is 7.07. The Bertz CT molecular complexity index is 2220. The molecule has 2 aromatic heterocycles. The molecule has 3 heteroatoms. The Morgan fingerprint density at radius 1 is 0.475 bits per heavy atom. The topological polar surface area (TPSA) is 26.9 Å². The number of rotatable bonds is 4. The molecule has 8 aromatic rings. The lowest BCUT2D eigenvalue weighted by Gasteiger charge is -2.10. The first kappa shape index (κ1) is 22.6. The van der Waals surface area contributed by atoms with Gasteiger partial charge in [0.1, 0.15) is 0 Å². The summed E-state index contributed by atoms with van der Waals surface area (Å²) in [5, 5.41) is 5.87. The molecule has 0 fully saturated rings. The normalized spacial score (nSPS) is 11.6. The van der Waals surface area contributed by atoms with Crippen molar-refractivity contribution < 1.29 is 4.79 Å². The van der Waals surface area contributed by atoms with Crippen LogP contribution in [-0.4, -0.2) is 14.9 Å². The fourth-order valence-electron chi connectivity index (χ4n) is 6.02. The largest absolute Gasteiger partial charge is 0.316 e. The van der Waals surface area contributed by atoms with E-state index in [1.165, 1.54) is 27.2 Å². The molecule has 0 N–H and O–H groups in total. The second kappa shape index (κ2) is 8.82. The molecule has 8 rings (SSSR count). The summed E-state index contributed by atoms with van der Waals surface area (Å²) >= 11 is 0. The first-order valence-corrected chi connectivity index (χ1v) is 13.5. The van der Waals surface area contributed by atoms with Gasteiger partial charge in [0.15, 0.2) is 5.78 Å². The molecule has 0 aliphatic rings. The van der Waals surface area contributed by atoms with E-state index in [4.69, 9.17) is 0 Å². The lowest BCUT2D eigenvalue weighted by Crippen LogP contribution is -2.02. The highest BCUT2D eigenvalue weighted by Gasteiger charge is 2.17. The summed E-state index contributed by atoms with van der Waals surface area (Å²) in [7, 11) is 0. The maximum atomic E-state index is 13.3. The number of ketones is 1. The van der Waals surface area contributed by atoms with E-state index in [9.17, 15) is 4.79 Å². The molecule has 0 unspecified atom stereocenters. The van der Waals surface area contributed by atoms with Crippen molar-refractivity contribution in [3.8, 4) is 11.4 Å². The zero-order valence-corrected chi connectivity index (χ0v) is 21.7. The van der Waals surface area contributed by atoms with Crippen molar-refractivity contribution in [3.63, 3.8) is 0 Å². The quantitative estimate of drug-likeness (QED) is 0.216. The Balaban J connectivity index is 1.23. The minimum atomic E-state index is 0.0313. The summed E-state index contributed by atoms with van der Waals surface area (Å²) in [6.07, 6.45) is 2.12. The first-order valence-electron chi connectivity index (χ1n) is 13.5. The summed E-state index contributed by atoms with van der Waals surface area (Å²) in [5.74, 6) is 0.0313. The zero-order chi connectivity index (χ0) is 26.6. The van der Waals surface area contributed by atoms with Crippen LogP contribution in [0.2, 0.25) is 0 Å². The Hall–Kier alpha value is -5.41. The highest BCUT2D eigenvalue weighted by molar-refractivity contribution is 6.18. The number of carbonyl (C=O) groups is 1. The van der Waals surface area contributed by atoms with Gasteiger partial charge in [0.2, 0.25) is 0 Å². The fraction of sp³-hybridized carbons (Fsp3) is 0. The molecule has 0 aliphatic heterocycles. The lowest BCUT2D eigenvalue weighted by molar-refractivity contribution is 0.103. The smallest absolute Gasteiger partial charge is 0.193 e. The summed E-state index contributed by atoms with van der Waals surface area (Å²) in [6.45, 7) is 0. The predicted molar refractivity (Wildman–Crippen MR) is 165 cm³/mol. The molecule has 0 amide bonds. The van der Waals surface area contributed by atoms with Crippen molar-refractivity contribution in [1.82, 2.24) is 9.13 Å². The Labute approximate surface area is 231 Å². The van der Waals surface area contributed by atoms with Crippen LogP contribution in [0.5, 0.6) is 0 Å². The van der Waals surface area contributed by atoms with Gasteiger partial charge in [-0.2, -0.15) is 0 Å². The van der Waals surface area contributed by atoms with E-state index in [-0.39, 0.29) is 5.78 Å². The van der Waals surface area contributed by atoms with Crippen molar-refractivity contribution in [2.24, 2.45) is 0 Å². The van der Waals surface area contributed by atoms with Gasteiger partial charge < -0.3 is 9.13 Å². The third kappa shape index (κ3) is 3.41. The van der Waals surface area contributed by atoms with E-state index in [1.807, 2.05) is 60.7 Å². The Morgan fingerprint density at radius 2 is 1.20 bits per heavy atom.